The first-order valence-electron chi connectivity index (χ1n) is 6.17. The molecule has 0 heterocycles. The van der Waals surface area contributed by atoms with Crippen LogP contribution in [0.1, 0.15) is 45.4 Å². The summed E-state index contributed by atoms with van der Waals surface area (Å²) in [5.41, 5.74) is 0. The van der Waals surface area contributed by atoms with E-state index >= 15 is 0 Å². The topological polar surface area (TPSA) is 32.3 Å². The zero-order chi connectivity index (χ0) is 11.1. The van der Waals surface area contributed by atoms with Crippen molar-refractivity contribution in [2.45, 2.75) is 63.6 Å². The molecule has 0 bridgehead atoms. The molecule has 2 N–H and O–H groups in total. The highest BCUT2D eigenvalue weighted by atomic mass is 32.2. The molecule has 1 aliphatic rings. The van der Waals surface area contributed by atoms with E-state index in [-0.39, 0.29) is 6.10 Å². The predicted molar refractivity (Wildman–Crippen MR) is 68.5 cm³/mol. The number of rotatable bonds is 5. The Labute approximate surface area is 98.2 Å². The van der Waals surface area contributed by atoms with Crippen LogP contribution in [0.5, 0.6) is 0 Å². The standard InChI is InChI=1S/C12H25NOS/c1-10(8-9-15-2)13-11-6-4-3-5-7-12(11)14/h10-14H,3-9H2,1-2H3. The van der Waals surface area contributed by atoms with Crippen LogP contribution >= 0.6 is 11.8 Å². The molecule has 0 aliphatic heterocycles. The summed E-state index contributed by atoms with van der Waals surface area (Å²) in [7, 11) is 0. The van der Waals surface area contributed by atoms with Gasteiger partial charge in [0.2, 0.25) is 0 Å². The lowest BCUT2D eigenvalue weighted by Gasteiger charge is -2.25. The molecule has 90 valence electrons. The average Bonchev–Trinajstić information content (AvgIpc) is 2.42. The van der Waals surface area contributed by atoms with Gasteiger partial charge in [-0.2, -0.15) is 11.8 Å². The summed E-state index contributed by atoms with van der Waals surface area (Å²) < 4.78 is 0. The van der Waals surface area contributed by atoms with E-state index in [4.69, 9.17) is 0 Å². The SMILES string of the molecule is CSCCC(C)NC1CCCCCC1O. The highest BCUT2D eigenvalue weighted by Crippen LogP contribution is 2.18. The van der Waals surface area contributed by atoms with Crippen molar-refractivity contribution >= 4 is 11.8 Å². The van der Waals surface area contributed by atoms with E-state index in [9.17, 15) is 5.11 Å². The second-order valence-corrected chi connectivity index (χ2v) is 5.65. The summed E-state index contributed by atoms with van der Waals surface area (Å²) in [6.07, 6.45) is 9.09. The Bertz CT molecular complexity index is 166. The van der Waals surface area contributed by atoms with Gasteiger partial charge in [-0.25, -0.2) is 0 Å². The second kappa shape index (κ2) is 7.53. The van der Waals surface area contributed by atoms with Crippen LogP contribution in [0.3, 0.4) is 0 Å². The number of thioether (sulfide) groups is 1. The van der Waals surface area contributed by atoms with E-state index in [0.29, 0.717) is 12.1 Å². The summed E-state index contributed by atoms with van der Waals surface area (Å²) >= 11 is 1.89. The van der Waals surface area contributed by atoms with Crippen molar-refractivity contribution in [1.82, 2.24) is 5.32 Å². The summed E-state index contributed by atoms with van der Waals surface area (Å²) in [6, 6.07) is 0.875. The lowest BCUT2D eigenvalue weighted by Crippen LogP contribution is -2.44. The Balaban J connectivity index is 2.27. The molecule has 15 heavy (non-hydrogen) atoms. The number of hydrogen-bond donors (Lipinski definition) is 2. The van der Waals surface area contributed by atoms with E-state index < -0.39 is 0 Å². The van der Waals surface area contributed by atoms with Crippen LogP contribution in [0.15, 0.2) is 0 Å². The first kappa shape index (κ1) is 13.3. The third-order valence-electron chi connectivity index (χ3n) is 3.23. The third kappa shape index (κ3) is 5.23. The Hall–Kier alpha value is 0.270. The normalized spacial score (nSPS) is 29.8. The first-order valence-corrected chi connectivity index (χ1v) is 7.56. The molecule has 0 spiro atoms. The summed E-state index contributed by atoms with van der Waals surface area (Å²) in [6.45, 7) is 2.23. The van der Waals surface area contributed by atoms with Gasteiger partial charge in [0.25, 0.3) is 0 Å². The second-order valence-electron chi connectivity index (χ2n) is 4.66. The molecular weight excluding hydrogens is 206 g/mol. The van der Waals surface area contributed by atoms with Gasteiger partial charge in [0.15, 0.2) is 0 Å². The van der Waals surface area contributed by atoms with Crippen LogP contribution in [0.4, 0.5) is 0 Å². The van der Waals surface area contributed by atoms with Gasteiger partial charge in [0.1, 0.15) is 0 Å². The highest BCUT2D eigenvalue weighted by molar-refractivity contribution is 7.98. The summed E-state index contributed by atoms with van der Waals surface area (Å²) in [5.74, 6) is 1.21. The molecule has 1 saturated carbocycles. The Morgan fingerprint density at radius 3 is 2.80 bits per heavy atom. The Kier molecular flexibility index (Phi) is 6.69. The predicted octanol–water partition coefficient (Wildman–Crippen LogP) is 2.41. The number of nitrogens with one attached hydrogen (secondary N) is 1. The van der Waals surface area contributed by atoms with Crippen molar-refractivity contribution in [2.24, 2.45) is 0 Å². The fourth-order valence-electron chi connectivity index (χ4n) is 2.23. The largest absolute Gasteiger partial charge is 0.392 e. The maximum absolute atomic E-state index is 9.96. The van der Waals surface area contributed by atoms with Crippen molar-refractivity contribution in [3.63, 3.8) is 0 Å². The minimum atomic E-state index is -0.121. The third-order valence-corrected chi connectivity index (χ3v) is 3.88. The summed E-state index contributed by atoms with van der Waals surface area (Å²) in [4.78, 5) is 0. The molecule has 0 aromatic heterocycles. The molecule has 0 saturated heterocycles. The molecule has 2 nitrogen and oxygen atoms in total. The van der Waals surface area contributed by atoms with Gasteiger partial charge >= 0.3 is 0 Å². The van der Waals surface area contributed by atoms with Gasteiger partial charge in [-0.15, -0.1) is 0 Å². The molecule has 3 unspecified atom stereocenters. The van der Waals surface area contributed by atoms with E-state index in [1.54, 1.807) is 0 Å². The Morgan fingerprint density at radius 2 is 2.07 bits per heavy atom. The van der Waals surface area contributed by atoms with Crippen LogP contribution in [0.25, 0.3) is 0 Å². The van der Waals surface area contributed by atoms with Crippen LogP contribution in [-0.4, -0.2) is 35.3 Å². The minimum absolute atomic E-state index is 0.121. The molecule has 1 fully saturated rings. The molecule has 0 radical (unpaired) electrons. The van der Waals surface area contributed by atoms with Crippen LogP contribution in [0.2, 0.25) is 0 Å². The number of aliphatic hydroxyl groups is 1. The van der Waals surface area contributed by atoms with Crippen molar-refractivity contribution in [3.05, 3.63) is 0 Å². The number of hydrogen-bond acceptors (Lipinski definition) is 3. The quantitative estimate of drug-likeness (QED) is 0.713. The molecular formula is C12H25NOS. The van der Waals surface area contributed by atoms with E-state index in [2.05, 4.69) is 18.5 Å². The average molecular weight is 231 g/mol. The van der Waals surface area contributed by atoms with Crippen molar-refractivity contribution in [2.75, 3.05) is 12.0 Å². The van der Waals surface area contributed by atoms with Gasteiger partial charge in [-0.05, 0) is 38.2 Å². The molecule has 1 aliphatic carbocycles. The molecule has 1 rings (SSSR count). The molecule has 0 amide bonds. The summed E-state index contributed by atoms with van der Waals surface area (Å²) in [5, 5.41) is 13.5. The highest BCUT2D eigenvalue weighted by Gasteiger charge is 2.22. The molecule has 3 atom stereocenters. The fraction of sp³-hybridized carbons (Fsp3) is 1.00. The lowest BCUT2D eigenvalue weighted by atomic mass is 10.0. The molecule has 0 aromatic carbocycles. The smallest absolute Gasteiger partial charge is 0.0693 e. The maximum Gasteiger partial charge on any atom is 0.0693 e. The zero-order valence-electron chi connectivity index (χ0n) is 10.0. The van der Waals surface area contributed by atoms with Crippen molar-refractivity contribution in [1.29, 1.82) is 0 Å². The Morgan fingerprint density at radius 1 is 1.33 bits per heavy atom. The van der Waals surface area contributed by atoms with Gasteiger partial charge in [-0.1, -0.05) is 19.3 Å². The number of aliphatic hydroxyl groups excluding tert-OH is 1. The maximum atomic E-state index is 9.96. The van der Waals surface area contributed by atoms with Crippen LogP contribution < -0.4 is 5.32 Å². The van der Waals surface area contributed by atoms with Gasteiger partial charge in [0.05, 0.1) is 6.10 Å². The first-order chi connectivity index (χ1) is 7.24. The van der Waals surface area contributed by atoms with Crippen LogP contribution in [-0.2, 0) is 0 Å². The van der Waals surface area contributed by atoms with Crippen molar-refractivity contribution in [3.8, 4) is 0 Å². The zero-order valence-corrected chi connectivity index (χ0v) is 10.9. The lowest BCUT2D eigenvalue weighted by molar-refractivity contribution is 0.114. The van der Waals surface area contributed by atoms with Crippen molar-refractivity contribution < 1.29 is 5.11 Å². The van der Waals surface area contributed by atoms with Crippen LogP contribution in [0, 0.1) is 0 Å². The van der Waals surface area contributed by atoms with E-state index in [1.165, 1.54) is 31.4 Å². The fourth-order valence-corrected chi connectivity index (χ4v) is 2.82. The van der Waals surface area contributed by atoms with Gasteiger partial charge in [-0.3, -0.25) is 0 Å². The monoisotopic (exact) mass is 231 g/mol. The van der Waals surface area contributed by atoms with Gasteiger partial charge in [0, 0.05) is 12.1 Å². The molecule has 3 heteroatoms. The minimum Gasteiger partial charge on any atom is -0.392 e. The molecule has 0 aromatic rings. The van der Waals surface area contributed by atoms with E-state index in [1.807, 2.05) is 11.8 Å². The van der Waals surface area contributed by atoms with E-state index in [0.717, 1.165) is 12.8 Å². The van der Waals surface area contributed by atoms with Gasteiger partial charge < -0.3 is 10.4 Å².